The second kappa shape index (κ2) is 13.0. The lowest BCUT2D eigenvalue weighted by Gasteiger charge is -2.20. The van der Waals surface area contributed by atoms with Crippen molar-refractivity contribution in [3.05, 3.63) is 119 Å². The number of anilines is 2. The van der Waals surface area contributed by atoms with E-state index in [9.17, 15) is 4.79 Å². The van der Waals surface area contributed by atoms with E-state index in [2.05, 4.69) is 50.2 Å². The first kappa shape index (κ1) is 24.9. The first-order chi connectivity index (χ1) is 17.7. The molecule has 1 amide bonds. The predicted octanol–water partition coefficient (Wildman–Crippen LogP) is 4.82. The number of rotatable bonds is 12. The third-order valence-corrected chi connectivity index (χ3v) is 5.87. The van der Waals surface area contributed by atoms with Crippen LogP contribution in [0.4, 0.5) is 11.8 Å². The fraction of sp³-hybridized carbons (Fsp3) is 0.233. The summed E-state index contributed by atoms with van der Waals surface area (Å²) in [5.41, 5.74) is 4.37. The van der Waals surface area contributed by atoms with E-state index in [4.69, 9.17) is 0 Å². The van der Waals surface area contributed by atoms with Gasteiger partial charge in [0.1, 0.15) is 11.9 Å². The second-order valence-electron chi connectivity index (χ2n) is 8.79. The second-order valence-corrected chi connectivity index (χ2v) is 8.79. The van der Waals surface area contributed by atoms with Crippen molar-refractivity contribution in [1.29, 1.82) is 0 Å². The van der Waals surface area contributed by atoms with Crippen molar-refractivity contribution < 1.29 is 4.79 Å². The zero-order valence-corrected chi connectivity index (χ0v) is 20.7. The Morgan fingerprint density at radius 1 is 0.750 bits per heavy atom. The summed E-state index contributed by atoms with van der Waals surface area (Å²) in [6, 6.07) is 31.9. The molecule has 184 valence electrons. The van der Waals surface area contributed by atoms with Crippen LogP contribution in [0.5, 0.6) is 0 Å². The largest absolute Gasteiger partial charge is 0.358 e. The van der Waals surface area contributed by atoms with Gasteiger partial charge < -0.3 is 16.0 Å². The van der Waals surface area contributed by atoms with E-state index in [-0.39, 0.29) is 5.91 Å². The predicted molar refractivity (Wildman–Crippen MR) is 146 cm³/mol. The molecule has 36 heavy (non-hydrogen) atoms. The Kier molecular flexibility index (Phi) is 9.03. The van der Waals surface area contributed by atoms with Crippen molar-refractivity contribution in [3.8, 4) is 0 Å². The number of aromatic nitrogens is 2. The Bertz CT molecular complexity index is 1220. The fourth-order valence-electron chi connectivity index (χ4n) is 4.02. The van der Waals surface area contributed by atoms with Gasteiger partial charge in [0.15, 0.2) is 0 Å². The van der Waals surface area contributed by atoms with Crippen LogP contribution in [0.2, 0.25) is 0 Å². The minimum Gasteiger partial charge on any atom is -0.358 e. The number of amides is 1. The Hall–Kier alpha value is -4.19. The Morgan fingerprint density at radius 3 is 1.92 bits per heavy atom. The first-order valence-corrected chi connectivity index (χ1v) is 12.4. The van der Waals surface area contributed by atoms with Crippen LogP contribution < -0.4 is 16.0 Å². The number of aryl methyl sites for hydroxylation is 1. The maximum Gasteiger partial charge on any atom is 0.242 e. The van der Waals surface area contributed by atoms with E-state index in [1.54, 1.807) is 0 Å². The van der Waals surface area contributed by atoms with Crippen molar-refractivity contribution >= 4 is 17.7 Å². The normalized spacial score (nSPS) is 11.5. The number of carbonyl (C=O) groups excluding carboxylic acids is 1. The van der Waals surface area contributed by atoms with Crippen molar-refractivity contribution in [2.75, 3.05) is 23.7 Å². The Morgan fingerprint density at radius 2 is 1.31 bits per heavy atom. The van der Waals surface area contributed by atoms with Gasteiger partial charge in [0.05, 0.1) is 0 Å². The van der Waals surface area contributed by atoms with E-state index in [0.29, 0.717) is 24.7 Å². The molecule has 0 spiro atoms. The van der Waals surface area contributed by atoms with Crippen LogP contribution in [0.1, 0.15) is 22.4 Å². The lowest BCUT2D eigenvalue weighted by Crippen LogP contribution is -2.42. The molecule has 0 saturated carbocycles. The molecule has 1 aromatic heterocycles. The lowest BCUT2D eigenvalue weighted by molar-refractivity contribution is -0.121. The van der Waals surface area contributed by atoms with Gasteiger partial charge in [-0.05, 0) is 36.5 Å². The molecule has 3 aromatic carbocycles. The Labute approximate surface area is 213 Å². The molecule has 0 aliphatic rings. The maximum atomic E-state index is 13.2. The topological polar surface area (TPSA) is 78.9 Å². The standard InChI is InChI=1S/C30H33N5O/c1-23-21-28(35-30(33-23)32-20-18-25-13-7-3-8-14-25)34-27(22-26-15-9-4-10-16-26)29(36)31-19-17-24-11-5-2-6-12-24/h2-16,21,27H,17-20,22H2,1H3,(H,31,36)(H2,32,33,34,35)/t27-/m0/s1. The first-order valence-electron chi connectivity index (χ1n) is 12.4. The van der Waals surface area contributed by atoms with E-state index >= 15 is 0 Å². The smallest absolute Gasteiger partial charge is 0.242 e. The summed E-state index contributed by atoms with van der Waals surface area (Å²) < 4.78 is 0. The van der Waals surface area contributed by atoms with Gasteiger partial charge in [-0.3, -0.25) is 4.79 Å². The van der Waals surface area contributed by atoms with Crippen LogP contribution in [-0.4, -0.2) is 35.0 Å². The van der Waals surface area contributed by atoms with E-state index in [1.807, 2.05) is 79.7 Å². The van der Waals surface area contributed by atoms with Crippen molar-refractivity contribution in [2.45, 2.75) is 32.2 Å². The average molecular weight is 480 g/mol. The molecule has 0 radical (unpaired) electrons. The quantitative estimate of drug-likeness (QED) is 0.271. The highest BCUT2D eigenvalue weighted by atomic mass is 16.2. The molecule has 0 fully saturated rings. The third kappa shape index (κ3) is 7.94. The third-order valence-electron chi connectivity index (χ3n) is 5.87. The number of nitrogens with zero attached hydrogens (tertiary/aromatic N) is 2. The van der Waals surface area contributed by atoms with E-state index in [1.165, 1.54) is 11.1 Å². The van der Waals surface area contributed by atoms with E-state index in [0.717, 1.165) is 30.6 Å². The van der Waals surface area contributed by atoms with Crippen LogP contribution in [0.3, 0.4) is 0 Å². The van der Waals surface area contributed by atoms with Crippen LogP contribution >= 0.6 is 0 Å². The summed E-state index contributed by atoms with van der Waals surface area (Å²) in [7, 11) is 0. The molecular weight excluding hydrogens is 446 g/mol. The number of nitrogens with one attached hydrogen (secondary N) is 3. The van der Waals surface area contributed by atoms with Gasteiger partial charge >= 0.3 is 0 Å². The fourth-order valence-corrected chi connectivity index (χ4v) is 4.02. The Balaban J connectivity index is 1.41. The zero-order valence-electron chi connectivity index (χ0n) is 20.7. The van der Waals surface area contributed by atoms with Crippen molar-refractivity contribution in [3.63, 3.8) is 0 Å². The van der Waals surface area contributed by atoms with Gasteiger partial charge in [0.25, 0.3) is 0 Å². The van der Waals surface area contributed by atoms with Gasteiger partial charge in [-0.15, -0.1) is 0 Å². The number of benzene rings is 3. The molecule has 0 aliphatic heterocycles. The number of hydrogen-bond donors (Lipinski definition) is 3. The zero-order chi connectivity index (χ0) is 25.0. The summed E-state index contributed by atoms with van der Waals surface area (Å²) in [5, 5.41) is 9.77. The molecule has 0 saturated heterocycles. The molecule has 3 N–H and O–H groups in total. The molecule has 0 aliphatic carbocycles. The van der Waals surface area contributed by atoms with Gasteiger partial charge in [0, 0.05) is 31.3 Å². The summed E-state index contributed by atoms with van der Waals surface area (Å²) in [4.78, 5) is 22.4. The van der Waals surface area contributed by atoms with Gasteiger partial charge in [-0.25, -0.2) is 4.98 Å². The van der Waals surface area contributed by atoms with E-state index < -0.39 is 6.04 Å². The molecule has 6 heteroatoms. The lowest BCUT2D eigenvalue weighted by atomic mass is 10.0. The summed E-state index contributed by atoms with van der Waals surface area (Å²) >= 11 is 0. The highest BCUT2D eigenvalue weighted by molar-refractivity contribution is 5.84. The molecule has 6 nitrogen and oxygen atoms in total. The monoisotopic (exact) mass is 479 g/mol. The molecule has 0 bridgehead atoms. The minimum atomic E-state index is -0.463. The summed E-state index contributed by atoms with van der Waals surface area (Å²) in [6.45, 7) is 3.23. The SMILES string of the molecule is Cc1cc(N[C@@H](Cc2ccccc2)C(=O)NCCc2ccccc2)nc(NCCc2ccccc2)n1. The molecule has 0 unspecified atom stereocenters. The summed E-state index contributed by atoms with van der Waals surface area (Å²) in [6.07, 6.45) is 2.21. The molecule has 4 aromatic rings. The molecule has 1 atom stereocenters. The molecule has 1 heterocycles. The van der Waals surface area contributed by atoms with Gasteiger partial charge in [-0.1, -0.05) is 91.0 Å². The highest BCUT2D eigenvalue weighted by Gasteiger charge is 2.20. The van der Waals surface area contributed by atoms with Crippen LogP contribution in [0.25, 0.3) is 0 Å². The molecular formula is C30H33N5O. The van der Waals surface area contributed by atoms with Crippen LogP contribution in [0, 0.1) is 6.92 Å². The highest BCUT2D eigenvalue weighted by Crippen LogP contribution is 2.14. The number of hydrogen-bond acceptors (Lipinski definition) is 5. The molecule has 4 rings (SSSR count). The maximum absolute atomic E-state index is 13.2. The van der Waals surface area contributed by atoms with Crippen molar-refractivity contribution in [1.82, 2.24) is 15.3 Å². The summed E-state index contributed by atoms with van der Waals surface area (Å²) in [5.74, 6) is 1.13. The van der Waals surface area contributed by atoms with Gasteiger partial charge in [-0.2, -0.15) is 4.98 Å². The van der Waals surface area contributed by atoms with Gasteiger partial charge in [0.2, 0.25) is 11.9 Å². The van der Waals surface area contributed by atoms with Crippen LogP contribution in [0.15, 0.2) is 97.1 Å². The average Bonchev–Trinajstić information content (AvgIpc) is 2.90. The number of carbonyl (C=O) groups is 1. The van der Waals surface area contributed by atoms with Crippen molar-refractivity contribution in [2.24, 2.45) is 0 Å². The van der Waals surface area contributed by atoms with Crippen LogP contribution in [-0.2, 0) is 24.1 Å². The minimum absolute atomic E-state index is 0.0513.